The van der Waals surface area contributed by atoms with Crippen molar-refractivity contribution in [3.05, 3.63) is 23.8 Å². The first kappa shape index (κ1) is 25.8. The van der Waals surface area contributed by atoms with Crippen LogP contribution in [0.3, 0.4) is 0 Å². The summed E-state index contributed by atoms with van der Waals surface area (Å²) in [5.41, 5.74) is 7.14. The van der Waals surface area contributed by atoms with Crippen molar-refractivity contribution >= 4 is 29.9 Å². The lowest BCUT2D eigenvalue weighted by Crippen LogP contribution is -2.46. The highest BCUT2D eigenvalue weighted by molar-refractivity contribution is 14.0. The molecule has 1 aromatic rings. The molecule has 0 spiro atoms. The van der Waals surface area contributed by atoms with E-state index in [0.29, 0.717) is 5.96 Å². The average molecular weight is 519 g/mol. The van der Waals surface area contributed by atoms with Crippen LogP contribution in [0.25, 0.3) is 0 Å². The van der Waals surface area contributed by atoms with Crippen LogP contribution in [0, 0.1) is 0 Å². The number of rotatable bonds is 11. The predicted molar refractivity (Wildman–Crippen MR) is 131 cm³/mol. The van der Waals surface area contributed by atoms with Gasteiger partial charge in [-0.15, -0.1) is 24.0 Å². The quantitative estimate of drug-likeness (QED) is 0.202. The number of ether oxygens (including phenoxy) is 2. The summed E-state index contributed by atoms with van der Waals surface area (Å²) in [4.78, 5) is 9.50. The molecule has 1 fully saturated rings. The van der Waals surface area contributed by atoms with E-state index in [1.807, 2.05) is 18.2 Å². The number of guanidine groups is 1. The molecular weight excluding hydrogens is 481 g/mol. The Bertz CT molecular complexity index is 607. The van der Waals surface area contributed by atoms with Crippen LogP contribution in [0.4, 0.5) is 0 Å². The summed E-state index contributed by atoms with van der Waals surface area (Å²) in [6.07, 6.45) is 3.10. The third-order valence-electron chi connectivity index (χ3n) is 5.24. The smallest absolute Gasteiger partial charge is 0.188 e. The molecule has 0 unspecified atom stereocenters. The van der Waals surface area contributed by atoms with Gasteiger partial charge in [0.1, 0.15) is 0 Å². The minimum absolute atomic E-state index is 0. The first-order chi connectivity index (χ1) is 13.7. The molecule has 7 nitrogen and oxygen atoms in total. The fraction of sp³-hybridized carbons (Fsp3) is 0.667. The Labute approximate surface area is 193 Å². The van der Waals surface area contributed by atoms with Gasteiger partial charge in [-0.2, -0.15) is 0 Å². The van der Waals surface area contributed by atoms with E-state index in [0.717, 1.165) is 37.4 Å². The second-order valence-corrected chi connectivity index (χ2v) is 7.12. The number of methoxy groups -OCH3 is 2. The van der Waals surface area contributed by atoms with Crippen LogP contribution in [0.15, 0.2) is 23.2 Å². The summed E-state index contributed by atoms with van der Waals surface area (Å²) in [5.74, 6) is 2.02. The molecular formula is C21H38IN5O2. The zero-order valence-corrected chi connectivity index (χ0v) is 20.5. The lowest BCUT2D eigenvalue weighted by Gasteiger charge is -2.33. The molecule has 0 saturated carbocycles. The van der Waals surface area contributed by atoms with Gasteiger partial charge in [0.25, 0.3) is 0 Å². The number of nitrogens with one attached hydrogen (secondary N) is 1. The van der Waals surface area contributed by atoms with Gasteiger partial charge in [0.15, 0.2) is 17.5 Å². The van der Waals surface area contributed by atoms with Gasteiger partial charge < -0.3 is 30.3 Å². The Kier molecular flexibility index (Phi) is 13.0. The maximum atomic E-state index is 5.97. The molecule has 0 aromatic heterocycles. The van der Waals surface area contributed by atoms with Crippen LogP contribution in [-0.4, -0.2) is 82.3 Å². The predicted octanol–water partition coefficient (Wildman–Crippen LogP) is 2.19. The second kappa shape index (κ2) is 14.7. The molecule has 0 bridgehead atoms. The Hall–Kier alpha value is -1.26. The van der Waals surface area contributed by atoms with E-state index >= 15 is 0 Å². The van der Waals surface area contributed by atoms with Gasteiger partial charge in [0, 0.05) is 39.3 Å². The van der Waals surface area contributed by atoms with Gasteiger partial charge in [0.05, 0.1) is 14.2 Å². The Morgan fingerprint density at radius 1 is 1.07 bits per heavy atom. The van der Waals surface area contributed by atoms with E-state index < -0.39 is 0 Å². The highest BCUT2D eigenvalue weighted by atomic mass is 127. The Morgan fingerprint density at radius 3 is 2.41 bits per heavy atom. The van der Waals surface area contributed by atoms with Crippen molar-refractivity contribution in [3.8, 4) is 11.5 Å². The second-order valence-electron chi connectivity index (χ2n) is 7.12. The van der Waals surface area contributed by atoms with Gasteiger partial charge in [0.2, 0.25) is 0 Å². The molecule has 1 aromatic carbocycles. The molecule has 0 atom stereocenters. The van der Waals surface area contributed by atoms with E-state index in [9.17, 15) is 0 Å². The summed E-state index contributed by atoms with van der Waals surface area (Å²) in [6, 6.07) is 5.96. The van der Waals surface area contributed by atoms with Crippen molar-refractivity contribution < 1.29 is 9.47 Å². The van der Waals surface area contributed by atoms with Gasteiger partial charge in [-0.05, 0) is 50.0 Å². The van der Waals surface area contributed by atoms with E-state index in [4.69, 9.17) is 15.2 Å². The lowest BCUT2D eigenvalue weighted by atomic mass is 10.1. The van der Waals surface area contributed by atoms with Crippen LogP contribution < -0.4 is 20.5 Å². The number of nitrogens with two attached hydrogens (primary N) is 1. The molecule has 8 heteroatoms. The molecule has 1 heterocycles. The molecule has 0 aliphatic carbocycles. The molecule has 3 N–H and O–H groups in total. The number of unbranched alkanes of at least 4 members (excludes halogenated alkanes) is 1. The van der Waals surface area contributed by atoms with Crippen molar-refractivity contribution in [2.45, 2.75) is 26.2 Å². The standard InChI is InChI=1S/C21H37N5O2.HI/c1-4-25-13-15-26(16-14-25)12-6-5-10-23-21(22)24-11-9-18-7-8-19(27-2)20(17-18)28-3;/h7-8,17H,4-6,9-16H2,1-3H3,(H3,22,23,24);1H. The molecule has 0 radical (unpaired) electrons. The molecule has 1 aliphatic heterocycles. The fourth-order valence-electron chi connectivity index (χ4n) is 3.40. The van der Waals surface area contributed by atoms with Crippen molar-refractivity contribution in [2.75, 3.05) is 66.6 Å². The van der Waals surface area contributed by atoms with Crippen LogP contribution in [0.2, 0.25) is 0 Å². The lowest BCUT2D eigenvalue weighted by molar-refractivity contribution is 0.136. The molecule has 0 amide bonds. The largest absolute Gasteiger partial charge is 0.493 e. The van der Waals surface area contributed by atoms with Crippen LogP contribution in [0.5, 0.6) is 11.5 Å². The summed E-state index contributed by atoms with van der Waals surface area (Å²) in [6.45, 7) is 10.9. The average Bonchev–Trinajstić information content (AvgIpc) is 2.73. The van der Waals surface area contributed by atoms with Crippen LogP contribution in [-0.2, 0) is 6.42 Å². The van der Waals surface area contributed by atoms with E-state index in [2.05, 4.69) is 27.0 Å². The number of aliphatic imine (C=N–C) groups is 1. The topological polar surface area (TPSA) is 75.4 Å². The summed E-state index contributed by atoms with van der Waals surface area (Å²) < 4.78 is 10.6. The minimum Gasteiger partial charge on any atom is -0.493 e. The molecule has 166 valence electrons. The maximum Gasteiger partial charge on any atom is 0.188 e. The first-order valence-electron chi connectivity index (χ1n) is 10.4. The summed E-state index contributed by atoms with van der Waals surface area (Å²) in [7, 11) is 3.29. The zero-order valence-electron chi connectivity index (χ0n) is 18.2. The molecule has 1 aliphatic rings. The van der Waals surface area contributed by atoms with Crippen molar-refractivity contribution in [1.29, 1.82) is 0 Å². The zero-order chi connectivity index (χ0) is 20.2. The van der Waals surface area contributed by atoms with Crippen molar-refractivity contribution in [1.82, 2.24) is 15.1 Å². The van der Waals surface area contributed by atoms with Gasteiger partial charge in [-0.1, -0.05) is 13.0 Å². The number of hydrogen-bond donors (Lipinski definition) is 2. The van der Waals surface area contributed by atoms with E-state index in [1.165, 1.54) is 51.3 Å². The summed E-state index contributed by atoms with van der Waals surface area (Å²) in [5, 5.41) is 3.19. The van der Waals surface area contributed by atoms with Crippen LogP contribution in [0.1, 0.15) is 25.3 Å². The SMILES string of the molecule is CCN1CCN(CCCCN=C(N)NCCc2ccc(OC)c(OC)c2)CC1.I. The minimum atomic E-state index is 0. The number of likely N-dealkylation sites (N-methyl/N-ethyl adjacent to an activating group) is 1. The van der Waals surface area contributed by atoms with Gasteiger partial charge in [-0.3, -0.25) is 4.99 Å². The highest BCUT2D eigenvalue weighted by Crippen LogP contribution is 2.27. The van der Waals surface area contributed by atoms with Gasteiger partial charge in [-0.25, -0.2) is 0 Å². The number of piperazine rings is 1. The molecule has 29 heavy (non-hydrogen) atoms. The van der Waals surface area contributed by atoms with Crippen LogP contribution >= 0.6 is 24.0 Å². The Balaban J connectivity index is 0.00000420. The number of hydrogen-bond acceptors (Lipinski definition) is 5. The highest BCUT2D eigenvalue weighted by Gasteiger charge is 2.14. The first-order valence-corrected chi connectivity index (χ1v) is 10.4. The Morgan fingerprint density at radius 2 is 1.76 bits per heavy atom. The summed E-state index contributed by atoms with van der Waals surface area (Å²) >= 11 is 0. The fourth-order valence-corrected chi connectivity index (χ4v) is 3.40. The molecule has 1 saturated heterocycles. The van der Waals surface area contributed by atoms with E-state index in [1.54, 1.807) is 14.2 Å². The van der Waals surface area contributed by atoms with Crippen molar-refractivity contribution in [2.24, 2.45) is 10.7 Å². The number of nitrogens with zero attached hydrogens (tertiary/aromatic N) is 3. The maximum absolute atomic E-state index is 5.97. The van der Waals surface area contributed by atoms with E-state index in [-0.39, 0.29) is 24.0 Å². The third-order valence-corrected chi connectivity index (χ3v) is 5.24. The normalized spacial score (nSPS) is 15.6. The van der Waals surface area contributed by atoms with Gasteiger partial charge >= 0.3 is 0 Å². The number of benzene rings is 1. The molecule has 2 rings (SSSR count). The third kappa shape index (κ3) is 9.39. The number of halogens is 1. The monoisotopic (exact) mass is 519 g/mol. The van der Waals surface area contributed by atoms with Crippen molar-refractivity contribution in [3.63, 3.8) is 0 Å².